The summed E-state index contributed by atoms with van der Waals surface area (Å²) in [4.78, 5) is 0. The second-order valence-corrected chi connectivity index (χ2v) is 5.23. The van der Waals surface area contributed by atoms with E-state index in [1.54, 1.807) is 0 Å². The van der Waals surface area contributed by atoms with E-state index in [-0.39, 0.29) is 6.10 Å². The first kappa shape index (κ1) is 13.9. The maximum atomic E-state index is 9.66. The van der Waals surface area contributed by atoms with Crippen LogP contribution in [-0.4, -0.2) is 36.5 Å². The van der Waals surface area contributed by atoms with Crippen LogP contribution in [0, 0.1) is 5.92 Å². The maximum Gasteiger partial charge on any atom is 0.0664 e. The molecule has 3 nitrogen and oxygen atoms in total. The highest BCUT2D eigenvalue weighted by molar-refractivity contribution is 4.79. The lowest BCUT2D eigenvalue weighted by molar-refractivity contribution is -0.0258. The Kier molecular flexibility index (Phi) is 6.32. The van der Waals surface area contributed by atoms with Crippen molar-refractivity contribution in [3.8, 4) is 0 Å². The predicted molar refractivity (Wildman–Crippen MR) is 66.5 cm³/mol. The van der Waals surface area contributed by atoms with E-state index in [2.05, 4.69) is 26.1 Å². The first-order valence-electron chi connectivity index (χ1n) is 6.66. The molecule has 0 bridgehead atoms. The number of hydrogen-bond acceptors (Lipinski definition) is 3. The second kappa shape index (κ2) is 7.25. The number of rotatable bonds is 6. The zero-order chi connectivity index (χ0) is 12.0. The zero-order valence-electron chi connectivity index (χ0n) is 10.9. The summed E-state index contributed by atoms with van der Waals surface area (Å²) >= 11 is 0. The molecule has 0 spiro atoms. The van der Waals surface area contributed by atoms with Gasteiger partial charge in [-0.1, -0.05) is 27.2 Å². The Hall–Kier alpha value is -0.120. The molecule has 1 heterocycles. The highest BCUT2D eigenvalue weighted by Crippen LogP contribution is 2.20. The number of ether oxygens (including phenoxy) is 1. The summed E-state index contributed by atoms with van der Waals surface area (Å²) in [5.41, 5.74) is 0. The first-order chi connectivity index (χ1) is 7.63. The maximum absolute atomic E-state index is 9.66. The zero-order valence-corrected chi connectivity index (χ0v) is 10.9. The lowest BCUT2D eigenvalue weighted by Gasteiger charge is -2.33. The SMILES string of the molecule is CCCC(O)CNC1CCOC(C(C)C)C1. The molecule has 1 fully saturated rings. The topological polar surface area (TPSA) is 41.5 Å². The van der Waals surface area contributed by atoms with Crippen molar-refractivity contribution in [2.75, 3.05) is 13.2 Å². The van der Waals surface area contributed by atoms with Crippen LogP contribution in [0.5, 0.6) is 0 Å². The highest BCUT2D eigenvalue weighted by Gasteiger charge is 2.24. The van der Waals surface area contributed by atoms with E-state index in [0.29, 0.717) is 18.1 Å². The first-order valence-corrected chi connectivity index (χ1v) is 6.66. The Bertz CT molecular complexity index is 185. The molecule has 3 unspecified atom stereocenters. The van der Waals surface area contributed by atoms with Crippen molar-refractivity contribution in [3.63, 3.8) is 0 Å². The third-order valence-corrected chi connectivity index (χ3v) is 3.32. The monoisotopic (exact) mass is 229 g/mol. The summed E-state index contributed by atoms with van der Waals surface area (Å²) in [5.74, 6) is 0.588. The van der Waals surface area contributed by atoms with E-state index in [9.17, 15) is 5.11 Å². The second-order valence-electron chi connectivity index (χ2n) is 5.23. The average Bonchev–Trinajstić information content (AvgIpc) is 2.27. The molecule has 0 saturated carbocycles. The minimum absolute atomic E-state index is 0.189. The van der Waals surface area contributed by atoms with E-state index in [0.717, 1.165) is 38.8 Å². The van der Waals surface area contributed by atoms with Gasteiger partial charge in [-0.3, -0.25) is 0 Å². The molecule has 96 valence electrons. The number of hydrogen-bond donors (Lipinski definition) is 2. The lowest BCUT2D eigenvalue weighted by Crippen LogP contribution is -2.43. The van der Waals surface area contributed by atoms with Crippen LogP contribution in [0.3, 0.4) is 0 Å². The third kappa shape index (κ3) is 4.81. The van der Waals surface area contributed by atoms with Crippen LogP contribution in [0.4, 0.5) is 0 Å². The molecule has 0 aliphatic carbocycles. The van der Waals surface area contributed by atoms with Gasteiger partial charge in [-0.25, -0.2) is 0 Å². The van der Waals surface area contributed by atoms with Crippen LogP contribution in [0.2, 0.25) is 0 Å². The molecule has 1 aliphatic rings. The van der Waals surface area contributed by atoms with Crippen molar-refractivity contribution in [2.45, 2.75) is 64.7 Å². The van der Waals surface area contributed by atoms with Gasteiger partial charge in [-0.2, -0.15) is 0 Å². The predicted octanol–water partition coefficient (Wildman–Crippen LogP) is 1.94. The van der Waals surface area contributed by atoms with E-state index >= 15 is 0 Å². The quantitative estimate of drug-likeness (QED) is 0.731. The fraction of sp³-hybridized carbons (Fsp3) is 1.00. The molecule has 3 heteroatoms. The molecule has 1 saturated heterocycles. The summed E-state index contributed by atoms with van der Waals surface area (Å²) in [5, 5.41) is 13.1. The molecular formula is C13H27NO2. The number of aliphatic hydroxyl groups excluding tert-OH is 1. The number of nitrogens with one attached hydrogen (secondary N) is 1. The summed E-state index contributed by atoms with van der Waals surface area (Å²) < 4.78 is 5.72. The van der Waals surface area contributed by atoms with Crippen LogP contribution in [0.15, 0.2) is 0 Å². The van der Waals surface area contributed by atoms with Gasteiger partial charge in [0, 0.05) is 19.2 Å². The molecule has 1 aliphatic heterocycles. The molecule has 0 amide bonds. The Morgan fingerprint density at radius 1 is 1.44 bits per heavy atom. The Morgan fingerprint density at radius 2 is 2.19 bits per heavy atom. The normalized spacial score (nSPS) is 28.3. The van der Waals surface area contributed by atoms with Gasteiger partial charge in [0.1, 0.15) is 0 Å². The van der Waals surface area contributed by atoms with Crippen molar-refractivity contribution in [2.24, 2.45) is 5.92 Å². The minimum Gasteiger partial charge on any atom is -0.392 e. The summed E-state index contributed by atoms with van der Waals surface area (Å²) in [7, 11) is 0. The fourth-order valence-corrected chi connectivity index (χ4v) is 2.22. The molecule has 1 rings (SSSR count). The van der Waals surface area contributed by atoms with Gasteiger partial charge < -0.3 is 15.2 Å². The van der Waals surface area contributed by atoms with Crippen LogP contribution >= 0.6 is 0 Å². The van der Waals surface area contributed by atoms with E-state index in [1.807, 2.05) is 0 Å². The van der Waals surface area contributed by atoms with Gasteiger partial charge in [0.2, 0.25) is 0 Å². The van der Waals surface area contributed by atoms with Crippen LogP contribution in [0.1, 0.15) is 46.5 Å². The van der Waals surface area contributed by atoms with Gasteiger partial charge in [0.15, 0.2) is 0 Å². The molecule has 0 aromatic carbocycles. The van der Waals surface area contributed by atoms with Crippen LogP contribution in [0.25, 0.3) is 0 Å². The van der Waals surface area contributed by atoms with Gasteiger partial charge in [0.25, 0.3) is 0 Å². The van der Waals surface area contributed by atoms with Gasteiger partial charge in [0.05, 0.1) is 12.2 Å². The minimum atomic E-state index is -0.189. The summed E-state index contributed by atoms with van der Waals surface area (Å²) in [6.45, 7) is 8.10. The molecule has 0 aromatic rings. The molecular weight excluding hydrogens is 202 g/mol. The highest BCUT2D eigenvalue weighted by atomic mass is 16.5. The van der Waals surface area contributed by atoms with E-state index in [4.69, 9.17) is 4.74 Å². The average molecular weight is 229 g/mol. The largest absolute Gasteiger partial charge is 0.392 e. The van der Waals surface area contributed by atoms with Crippen molar-refractivity contribution >= 4 is 0 Å². The third-order valence-electron chi connectivity index (χ3n) is 3.32. The Labute approximate surface area is 99.6 Å². The van der Waals surface area contributed by atoms with Crippen molar-refractivity contribution < 1.29 is 9.84 Å². The van der Waals surface area contributed by atoms with Gasteiger partial charge in [-0.15, -0.1) is 0 Å². The fourth-order valence-electron chi connectivity index (χ4n) is 2.22. The van der Waals surface area contributed by atoms with Crippen molar-refractivity contribution in [1.29, 1.82) is 0 Å². The Balaban J connectivity index is 2.21. The molecule has 2 N–H and O–H groups in total. The molecule has 0 radical (unpaired) electrons. The summed E-state index contributed by atoms with van der Waals surface area (Å²) in [6.07, 6.45) is 4.29. The molecule has 0 aromatic heterocycles. The smallest absolute Gasteiger partial charge is 0.0664 e. The van der Waals surface area contributed by atoms with Gasteiger partial charge in [-0.05, 0) is 25.2 Å². The van der Waals surface area contributed by atoms with Crippen LogP contribution in [-0.2, 0) is 4.74 Å². The molecule has 3 atom stereocenters. The summed E-state index contributed by atoms with van der Waals surface area (Å²) in [6, 6.07) is 0.521. The van der Waals surface area contributed by atoms with E-state index < -0.39 is 0 Å². The van der Waals surface area contributed by atoms with Crippen LogP contribution < -0.4 is 5.32 Å². The van der Waals surface area contributed by atoms with Gasteiger partial charge >= 0.3 is 0 Å². The lowest BCUT2D eigenvalue weighted by atomic mass is 9.95. The standard InChI is InChI=1S/C13H27NO2/c1-4-5-12(15)9-14-11-6-7-16-13(8-11)10(2)3/h10-15H,4-9H2,1-3H3. The van der Waals surface area contributed by atoms with E-state index in [1.165, 1.54) is 0 Å². The van der Waals surface area contributed by atoms with Crippen molar-refractivity contribution in [3.05, 3.63) is 0 Å². The Morgan fingerprint density at radius 3 is 2.81 bits per heavy atom. The number of aliphatic hydroxyl groups is 1. The molecule has 16 heavy (non-hydrogen) atoms. The van der Waals surface area contributed by atoms with Crippen molar-refractivity contribution in [1.82, 2.24) is 5.32 Å².